The van der Waals surface area contributed by atoms with Crippen molar-refractivity contribution in [3.05, 3.63) is 54.1 Å². The fourth-order valence-electron chi connectivity index (χ4n) is 2.17. The number of benzene rings is 2. The molecule has 0 fully saturated rings. The number of rotatable bonds is 7. The molecule has 0 saturated heterocycles. The first-order valence-corrected chi connectivity index (χ1v) is 8.89. The van der Waals surface area contributed by atoms with Crippen molar-refractivity contribution in [3.63, 3.8) is 0 Å². The van der Waals surface area contributed by atoms with Gasteiger partial charge in [0.2, 0.25) is 5.91 Å². The van der Waals surface area contributed by atoms with Gasteiger partial charge in [-0.1, -0.05) is 17.7 Å². The third-order valence-electron chi connectivity index (χ3n) is 3.34. The maximum absolute atomic E-state index is 12.9. The van der Waals surface area contributed by atoms with Crippen molar-refractivity contribution in [3.8, 4) is 5.75 Å². The van der Waals surface area contributed by atoms with Gasteiger partial charge in [-0.05, 0) is 50.2 Å². The fraction of sp³-hybridized carbons (Fsp3) is 0.235. The molecule has 0 atom stereocenters. The zero-order valence-electron chi connectivity index (χ0n) is 13.6. The quantitative estimate of drug-likeness (QED) is 0.829. The Bertz CT molecular complexity index is 799. The summed E-state index contributed by atoms with van der Waals surface area (Å²) in [4.78, 5) is 11.5. The van der Waals surface area contributed by atoms with Gasteiger partial charge in [0.05, 0.1) is 17.2 Å². The number of sulfonamides is 1. The molecule has 6 nitrogen and oxygen atoms in total. The van der Waals surface area contributed by atoms with Gasteiger partial charge in [-0.15, -0.1) is 0 Å². The van der Waals surface area contributed by atoms with Crippen LogP contribution in [-0.2, 0) is 14.8 Å². The summed E-state index contributed by atoms with van der Waals surface area (Å²) >= 11 is 0. The maximum atomic E-state index is 12.9. The molecule has 1 amide bonds. The summed E-state index contributed by atoms with van der Waals surface area (Å²) in [7, 11) is -3.90. The number of carbonyl (C=O) groups excluding carboxylic acids is 1. The molecule has 2 rings (SSSR count). The first-order valence-electron chi connectivity index (χ1n) is 7.45. The number of carbonyl (C=O) groups is 1. The summed E-state index contributed by atoms with van der Waals surface area (Å²) in [6.45, 7) is 3.79. The molecule has 0 aliphatic rings. The number of hydrogen-bond donors (Lipinski definition) is 1. The number of aryl methyl sites for hydroxylation is 1. The Balaban J connectivity index is 2.43. The van der Waals surface area contributed by atoms with Crippen LogP contribution in [0.3, 0.4) is 0 Å². The van der Waals surface area contributed by atoms with E-state index < -0.39 is 22.5 Å². The number of nitrogens with zero attached hydrogens (tertiary/aromatic N) is 1. The van der Waals surface area contributed by atoms with Gasteiger partial charge >= 0.3 is 0 Å². The van der Waals surface area contributed by atoms with Crippen LogP contribution in [0.5, 0.6) is 5.75 Å². The molecule has 0 aromatic heterocycles. The summed E-state index contributed by atoms with van der Waals surface area (Å²) in [5, 5.41) is 0. The van der Waals surface area contributed by atoms with Crippen LogP contribution < -0.4 is 14.8 Å². The average molecular weight is 348 g/mol. The molecule has 2 aromatic carbocycles. The van der Waals surface area contributed by atoms with E-state index in [1.165, 1.54) is 12.1 Å². The third-order valence-corrected chi connectivity index (χ3v) is 5.13. The van der Waals surface area contributed by atoms with Crippen LogP contribution in [0.2, 0.25) is 0 Å². The molecule has 0 bridgehead atoms. The van der Waals surface area contributed by atoms with E-state index in [4.69, 9.17) is 10.5 Å². The van der Waals surface area contributed by atoms with Gasteiger partial charge in [0, 0.05) is 0 Å². The average Bonchev–Trinajstić information content (AvgIpc) is 2.54. The van der Waals surface area contributed by atoms with E-state index in [0.29, 0.717) is 18.0 Å². The minimum Gasteiger partial charge on any atom is -0.494 e. The largest absolute Gasteiger partial charge is 0.494 e. The fourth-order valence-corrected chi connectivity index (χ4v) is 3.60. The molecule has 24 heavy (non-hydrogen) atoms. The van der Waals surface area contributed by atoms with Gasteiger partial charge < -0.3 is 10.5 Å². The molecular weight excluding hydrogens is 328 g/mol. The van der Waals surface area contributed by atoms with E-state index in [2.05, 4.69) is 0 Å². The second kappa shape index (κ2) is 7.35. The Labute approximate surface area is 141 Å². The molecule has 0 spiro atoms. The number of nitrogens with two attached hydrogens (primary N) is 1. The highest BCUT2D eigenvalue weighted by Gasteiger charge is 2.26. The minimum absolute atomic E-state index is 0.100. The monoisotopic (exact) mass is 348 g/mol. The predicted octanol–water partition coefficient (Wildman–Crippen LogP) is 2.07. The van der Waals surface area contributed by atoms with Crippen LogP contribution in [0.1, 0.15) is 12.5 Å². The number of amides is 1. The van der Waals surface area contributed by atoms with Crippen molar-refractivity contribution in [2.75, 3.05) is 17.5 Å². The molecule has 0 radical (unpaired) electrons. The summed E-state index contributed by atoms with van der Waals surface area (Å²) in [5.74, 6) is -0.118. The van der Waals surface area contributed by atoms with Crippen molar-refractivity contribution in [1.29, 1.82) is 0 Å². The lowest BCUT2D eigenvalue weighted by Crippen LogP contribution is -2.38. The Morgan fingerprint density at radius 2 is 1.67 bits per heavy atom. The van der Waals surface area contributed by atoms with E-state index >= 15 is 0 Å². The molecule has 0 aliphatic heterocycles. The van der Waals surface area contributed by atoms with Gasteiger partial charge in [0.15, 0.2) is 0 Å². The SMILES string of the molecule is CCOc1ccc(N(CC(N)=O)S(=O)(=O)c2ccc(C)cc2)cc1. The Hall–Kier alpha value is -2.54. The topological polar surface area (TPSA) is 89.7 Å². The minimum atomic E-state index is -3.90. The van der Waals surface area contributed by atoms with Crippen molar-refractivity contribution in [2.24, 2.45) is 5.73 Å². The van der Waals surface area contributed by atoms with Crippen LogP contribution in [0.25, 0.3) is 0 Å². The summed E-state index contributed by atoms with van der Waals surface area (Å²) in [5.41, 5.74) is 6.52. The summed E-state index contributed by atoms with van der Waals surface area (Å²) in [6, 6.07) is 12.9. The van der Waals surface area contributed by atoms with Crippen LogP contribution in [0.4, 0.5) is 5.69 Å². The van der Waals surface area contributed by atoms with Crippen LogP contribution >= 0.6 is 0 Å². The molecule has 7 heteroatoms. The maximum Gasteiger partial charge on any atom is 0.264 e. The van der Waals surface area contributed by atoms with Crippen LogP contribution in [0.15, 0.2) is 53.4 Å². The second-order valence-corrected chi connectivity index (χ2v) is 7.08. The first kappa shape index (κ1) is 17.8. The number of primary amides is 1. The molecule has 0 aliphatic carbocycles. The van der Waals surface area contributed by atoms with Gasteiger partial charge in [-0.2, -0.15) is 0 Å². The van der Waals surface area contributed by atoms with Gasteiger partial charge in [-0.3, -0.25) is 9.10 Å². The number of anilines is 1. The van der Waals surface area contributed by atoms with Crippen molar-refractivity contribution >= 4 is 21.6 Å². The zero-order chi connectivity index (χ0) is 17.7. The first-order chi connectivity index (χ1) is 11.3. The van der Waals surface area contributed by atoms with Crippen LogP contribution in [0, 0.1) is 6.92 Å². The van der Waals surface area contributed by atoms with E-state index in [-0.39, 0.29) is 4.90 Å². The Morgan fingerprint density at radius 3 is 2.17 bits per heavy atom. The lowest BCUT2D eigenvalue weighted by molar-refractivity contribution is -0.116. The van der Waals surface area contributed by atoms with Gasteiger partial charge in [-0.25, -0.2) is 8.42 Å². The van der Waals surface area contributed by atoms with Gasteiger partial charge in [0.25, 0.3) is 10.0 Å². The molecule has 0 unspecified atom stereocenters. The number of ether oxygens (including phenoxy) is 1. The Morgan fingerprint density at radius 1 is 1.08 bits per heavy atom. The predicted molar refractivity (Wildman–Crippen MR) is 92.5 cm³/mol. The molecule has 2 aromatic rings. The van der Waals surface area contributed by atoms with E-state index in [1.54, 1.807) is 36.4 Å². The van der Waals surface area contributed by atoms with Crippen LogP contribution in [-0.4, -0.2) is 27.5 Å². The zero-order valence-corrected chi connectivity index (χ0v) is 14.4. The second-order valence-electron chi connectivity index (χ2n) is 5.22. The highest BCUT2D eigenvalue weighted by Crippen LogP contribution is 2.25. The van der Waals surface area contributed by atoms with Crippen molar-refractivity contribution in [1.82, 2.24) is 0 Å². The molecule has 128 valence electrons. The van der Waals surface area contributed by atoms with Crippen molar-refractivity contribution in [2.45, 2.75) is 18.7 Å². The van der Waals surface area contributed by atoms with Crippen molar-refractivity contribution < 1.29 is 17.9 Å². The lowest BCUT2D eigenvalue weighted by Gasteiger charge is -2.23. The normalized spacial score (nSPS) is 11.1. The third kappa shape index (κ3) is 4.05. The molecule has 2 N–H and O–H groups in total. The lowest BCUT2D eigenvalue weighted by atomic mass is 10.2. The van der Waals surface area contributed by atoms with E-state index in [1.807, 2.05) is 13.8 Å². The Kier molecular flexibility index (Phi) is 5.46. The smallest absolute Gasteiger partial charge is 0.264 e. The van der Waals surface area contributed by atoms with Gasteiger partial charge in [0.1, 0.15) is 12.3 Å². The standard InChI is InChI=1S/C17H20N2O4S/c1-3-23-15-8-6-14(7-9-15)19(12-17(18)20)24(21,22)16-10-4-13(2)5-11-16/h4-11H,3,12H2,1-2H3,(H2,18,20). The summed E-state index contributed by atoms with van der Waals surface area (Å²) < 4.78 is 32.1. The van der Waals surface area contributed by atoms with E-state index in [0.717, 1.165) is 9.87 Å². The highest BCUT2D eigenvalue weighted by molar-refractivity contribution is 7.92. The van der Waals surface area contributed by atoms with E-state index in [9.17, 15) is 13.2 Å². The summed E-state index contributed by atoms with van der Waals surface area (Å²) in [6.07, 6.45) is 0. The molecule has 0 saturated carbocycles. The molecule has 0 heterocycles. The molecular formula is C17H20N2O4S. The highest BCUT2D eigenvalue weighted by atomic mass is 32.2. The number of hydrogen-bond acceptors (Lipinski definition) is 4.